The fourth-order valence-electron chi connectivity index (χ4n) is 3.52. The van der Waals surface area contributed by atoms with E-state index in [9.17, 15) is 13.2 Å². The maximum absolute atomic E-state index is 13.0. The predicted octanol–water partition coefficient (Wildman–Crippen LogP) is 2.66. The summed E-state index contributed by atoms with van der Waals surface area (Å²) >= 11 is 0. The molecule has 8 heteroatoms. The van der Waals surface area contributed by atoms with Crippen LogP contribution in [0.2, 0.25) is 0 Å². The summed E-state index contributed by atoms with van der Waals surface area (Å²) in [5.41, 5.74) is 2.07. The summed E-state index contributed by atoms with van der Waals surface area (Å²) in [4.78, 5) is 20.5. The van der Waals surface area contributed by atoms with Gasteiger partial charge in [-0.2, -0.15) is 4.31 Å². The molecular weight excluding hydrogens is 364 g/mol. The van der Waals surface area contributed by atoms with E-state index in [0.29, 0.717) is 31.5 Å². The number of nitrogens with zero attached hydrogens (tertiary/aromatic N) is 4. The van der Waals surface area contributed by atoms with Gasteiger partial charge in [-0.25, -0.2) is 18.4 Å². The molecule has 2 aromatic heterocycles. The molecule has 7 nitrogen and oxygen atoms in total. The minimum atomic E-state index is -3.61. The lowest BCUT2D eigenvalue weighted by Crippen LogP contribution is -2.39. The molecule has 0 amide bonds. The number of hydrogen-bond acceptors (Lipinski definition) is 5. The first-order chi connectivity index (χ1) is 13.0. The van der Waals surface area contributed by atoms with Crippen LogP contribution in [0.3, 0.4) is 0 Å². The normalized spacial score (nSPS) is 16.6. The largest absolute Gasteiger partial charge is 0.312 e. The Morgan fingerprint density at radius 3 is 2.63 bits per heavy atom. The smallest absolute Gasteiger partial charge is 0.243 e. The molecule has 0 radical (unpaired) electrons. The molecule has 27 heavy (non-hydrogen) atoms. The summed E-state index contributed by atoms with van der Waals surface area (Å²) in [6.45, 7) is 2.27. The van der Waals surface area contributed by atoms with Crippen molar-refractivity contribution in [1.29, 1.82) is 0 Å². The van der Waals surface area contributed by atoms with Crippen LogP contribution < -0.4 is 0 Å². The number of Topliss-reactive ketones (excluding diaryl/α,β-unsaturated/α-hetero) is 1. The summed E-state index contributed by atoms with van der Waals surface area (Å²) in [7, 11) is -3.61. The predicted molar refractivity (Wildman–Crippen MR) is 101 cm³/mol. The molecule has 0 aliphatic carbocycles. The third-order valence-electron chi connectivity index (χ3n) is 5.03. The van der Waals surface area contributed by atoms with Crippen LogP contribution >= 0.6 is 0 Å². The molecule has 0 unspecified atom stereocenters. The van der Waals surface area contributed by atoms with Crippen molar-refractivity contribution in [3.8, 4) is 0 Å². The van der Waals surface area contributed by atoms with Crippen molar-refractivity contribution in [1.82, 2.24) is 18.8 Å². The van der Waals surface area contributed by atoms with Gasteiger partial charge in [0, 0.05) is 30.9 Å². The fourth-order valence-corrected chi connectivity index (χ4v) is 5.04. The van der Waals surface area contributed by atoms with Crippen molar-refractivity contribution < 1.29 is 13.2 Å². The maximum Gasteiger partial charge on any atom is 0.243 e. The second kappa shape index (κ2) is 6.86. The van der Waals surface area contributed by atoms with Crippen molar-refractivity contribution in [2.24, 2.45) is 0 Å². The Morgan fingerprint density at radius 1 is 1.11 bits per heavy atom. The number of carbonyl (C=O) groups is 1. The number of ketones is 1. The average Bonchev–Trinajstić information content (AvgIpc) is 3.12. The second-order valence-electron chi connectivity index (χ2n) is 6.72. The number of carbonyl (C=O) groups excluding carboxylic acids is 1. The minimum Gasteiger partial charge on any atom is -0.312 e. The molecule has 0 saturated carbocycles. The van der Waals surface area contributed by atoms with E-state index in [4.69, 9.17) is 0 Å². The topological polar surface area (TPSA) is 85.2 Å². The van der Waals surface area contributed by atoms with Gasteiger partial charge in [0.25, 0.3) is 0 Å². The van der Waals surface area contributed by atoms with E-state index < -0.39 is 10.0 Å². The second-order valence-corrected chi connectivity index (χ2v) is 8.66. The lowest BCUT2D eigenvalue weighted by molar-refractivity contribution is 0.101. The SMILES string of the molecule is CC(=O)c1cccc(S(=O)(=O)N2CCC(n3cnc4cccnc43)CC2)c1. The number of aromatic nitrogens is 3. The highest BCUT2D eigenvalue weighted by atomic mass is 32.2. The van der Waals surface area contributed by atoms with Gasteiger partial charge >= 0.3 is 0 Å². The number of fused-ring (bicyclic) bond motifs is 1. The molecule has 1 aliphatic heterocycles. The van der Waals surface area contributed by atoms with E-state index in [0.717, 1.165) is 11.2 Å². The van der Waals surface area contributed by atoms with Crippen LogP contribution in [-0.4, -0.2) is 46.1 Å². The molecule has 1 fully saturated rings. The van der Waals surface area contributed by atoms with Gasteiger partial charge in [0.05, 0.1) is 11.2 Å². The summed E-state index contributed by atoms with van der Waals surface area (Å²) in [5.74, 6) is -0.148. The van der Waals surface area contributed by atoms with Crippen LogP contribution in [0.5, 0.6) is 0 Å². The summed E-state index contributed by atoms with van der Waals surface area (Å²) in [6, 6.07) is 10.2. The minimum absolute atomic E-state index is 0.148. The van der Waals surface area contributed by atoms with E-state index in [-0.39, 0.29) is 16.7 Å². The van der Waals surface area contributed by atoms with Crippen LogP contribution in [0.4, 0.5) is 0 Å². The molecule has 140 valence electrons. The highest BCUT2D eigenvalue weighted by Crippen LogP contribution is 2.29. The third kappa shape index (κ3) is 3.26. The lowest BCUT2D eigenvalue weighted by Gasteiger charge is -2.32. The molecular formula is C19H20N4O3S. The molecule has 0 atom stereocenters. The average molecular weight is 384 g/mol. The van der Waals surface area contributed by atoms with Crippen LogP contribution in [0, 0.1) is 0 Å². The summed E-state index contributed by atoms with van der Waals surface area (Å²) < 4.78 is 29.4. The first-order valence-electron chi connectivity index (χ1n) is 8.85. The Morgan fingerprint density at radius 2 is 1.89 bits per heavy atom. The van der Waals surface area contributed by atoms with E-state index in [1.54, 1.807) is 30.7 Å². The van der Waals surface area contributed by atoms with Crippen molar-refractivity contribution >= 4 is 27.0 Å². The van der Waals surface area contributed by atoms with E-state index in [1.165, 1.54) is 17.3 Å². The van der Waals surface area contributed by atoms with E-state index in [2.05, 4.69) is 9.97 Å². The number of piperidine rings is 1. The first-order valence-corrected chi connectivity index (χ1v) is 10.3. The molecule has 3 aromatic rings. The van der Waals surface area contributed by atoms with Gasteiger partial charge in [-0.1, -0.05) is 12.1 Å². The Hall–Kier alpha value is -2.58. The fraction of sp³-hybridized carbons (Fsp3) is 0.316. The van der Waals surface area contributed by atoms with Gasteiger partial charge in [-0.05, 0) is 44.0 Å². The van der Waals surface area contributed by atoms with Crippen LogP contribution in [0.25, 0.3) is 11.2 Å². The van der Waals surface area contributed by atoms with Crippen molar-refractivity contribution in [3.05, 3.63) is 54.5 Å². The van der Waals surface area contributed by atoms with E-state index >= 15 is 0 Å². The van der Waals surface area contributed by atoms with Crippen molar-refractivity contribution in [2.75, 3.05) is 13.1 Å². The molecule has 0 spiro atoms. The number of sulfonamides is 1. The number of pyridine rings is 1. The van der Waals surface area contributed by atoms with Gasteiger partial charge in [0.2, 0.25) is 10.0 Å². The van der Waals surface area contributed by atoms with Gasteiger partial charge in [0.15, 0.2) is 11.4 Å². The Kier molecular flexibility index (Phi) is 4.53. The van der Waals surface area contributed by atoms with Crippen molar-refractivity contribution in [2.45, 2.75) is 30.7 Å². The van der Waals surface area contributed by atoms with Crippen LogP contribution in [-0.2, 0) is 10.0 Å². The lowest BCUT2D eigenvalue weighted by atomic mass is 10.1. The van der Waals surface area contributed by atoms with Gasteiger partial charge < -0.3 is 4.57 Å². The molecule has 1 aliphatic rings. The maximum atomic E-state index is 13.0. The Bertz CT molecular complexity index is 1100. The monoisotopic (exact) mass is 384 g/mol. The number of imidazole rings is 1. The highest BCUT2D eigenvalue weighted by molar-refractivity contribution is 7.89. The summed E-state index contributed by atoms with van der Waals surface area (Å²) in [5, 5.41) is 0. The van der Waals surface area contributed by atoms with E-state index in [1.807, 2.05) is 16.7 Å². The first kappa shape index (κ1) is 17.8. The number of hydrogen-bond donors (Lipinski definition) is 0. The van der Waals surface area contributed by atoms with Gasteiger partial charge in [0.1, 0.15) is 5.52 Å². The standard InChI is InChI=1S/C19H20N4O3S/c1-14(24)15-4-2-5-17(12-15)27(25,26)22-10-7-16(8-11-22)23-13-21-18-6-3-9-20-19(18)23/h2-6,9,12-13,16H,7-8,10-11H2,1H3. The zero-order chi connectivity index (χ0) is 19.0. The van der Waals surface area contributed by atoms with Crippen LogP contribution in [0.1, 0.15) is 36.2 Å². The van der Waals surface area contributed by atoms with Gasteiger partial charge in [-0.3, -0.25) is 4.79 Å². The number of benzene rings is 1. The molecule has 1 aromatic carbocycles. The zero-order valence-corrected chi connectivity index (χ0v) is 15.8. The molecule has 4 rings (SSSR count). The Labute approximate surface area is 157 Å². The van der Waals surface area contributed by atoms with Gasteiger partial charge in [-0.15, -0.1) is 0 Å². The number of rotatable bonds is 4. The highest BCUT2D eigenvalue weighted by Gasteiger charge is 2.30. The molecule has 0 bridgehead atoms. The molecule has 0 N–H and O–H groups in total. The third-order valence-corrected chi connectivity index (χ3v) is 6.92. The Balaban J connectivity index is 1.53. The zero-order valence-electron chi connectivity index (χ0n) is 14.9. The van der Waals surface area contributed by atoms with Crippen LogP contribution in [0.15, 0.2) is 53.8 Å². The summed E-state index contributed by atoms with van der Waals surface area (Å²) in [6.07, 6.45) is 4.90. The molecule has 3 heterocycles. The quantitative estimate of drug-likeness (QED) is 0.646. The van der Waals surface area contributed by atoms with Crippen molar-refractivity contribution in [3.63, 3.8) is 0 Å². The molecule has 1 saturated heterocycles.